The molecule has 19 heavy (non-hydrogen) atoms. The summed E-state index contributed by atoms with van der Waals surface area (Å²) in [6.07, 6.45) is 3.28. The number of rotatable bonds is 1. The number of anilines is 1. The lowest BCUT2D eigenvalue weighted by molar-refractivity contribution is -0.0111. The zero-order valence-electron chi connectivity index (χ0n) is 12.4. The smallest absolute Gasteiger partial charge is 0.254 e. The van der Waals surface area contributed by atoms with Gasteiger partial charge in [0.25, 0.3) is 5.91 Å². The van der Waals surface area contributed by atoms with Crippen LogP contribution in [-0.2, 0) is 0 Å². The molecule has 0 radical (unpaired) electrons. The highest BCUT2D eigenvalue weighted by molar-refractivity contribution is 5.95. The molecule has 1 fully saturated rings. The molecular weight excluding hydrogens is 236 g/mol. The fourth-order valence-corrected chi connectivity index (χ4v) is 3.30. The van der Waals surface area contributed by atoms with Crippen molar-refractivity contribution in [2.75, 3.05) is 5.73 Å². The summed E-state index contributed by atoms with van der Waals surface area (Å²) in [4.78, 5) is 14.9. The van der Waals surface area contributed by atoms with Crippen molar-refractivity contribution in [3.8, 4) is 0 Å². The predicted molar refractivity (Wildman–Crippen MR) is 79.0 cm³/mol. The highest BCUT2D eigenvalue weighted by Gasteiger charge is 2.44. The molecule has 104 valence electrons. The molecule has 0 unspecified atom stereocenters. The van der Waals surface area contributed by atoms with E-state index in [9.17, 15) is 4.79 Å². The standard InChI is InChI=1S/C16H24N2O/c1-15(2)10-5-11-16(3,4)18(15)14(19)12-6-8-13(17)9-7-12/h6-9H,5,10-11,17H2,1-4H3. The largest absolute Gasteiger partial charge is 0.399 e. The number of amides is 1. The number of hydrogen-bond donors (Lipinski definition) is 1. The summed E-state index contributed by atoms with van der Waals surface area (Å²) in [5.41, 5.74) is 6.90. The Bertz CT molecular complexity index is 458. The molecular formula is C16H24N2O. The van der Waals surface area contributed by atoms with E-state index in [0.717, 1.165) is 18.4 Å². The third-order valence-corrected chi connectivity index (χ3v) is 4.15. The molecule has 1 aromatic carbocycles. The molecule has 2 rings (SSSR count). The highest BCUT2D eigenvalue weighted by atomic mass is 16.2. The molecule has 1 saturated heterocycles. The average Bonchev–Trinajstić information content (AvgIpc) is 2.27. The topological polar surface area (TPSA) is 46.3 Å². The molecule has 0 aromatic heterocycles. The molecule has 1 amide bonds. The Morgan fingerprint density at radius 1 is 1.05 bits per heavy atom. The number of carbonyl (C=O) groups excluding carboxylic acids is 1. The molecule has 0 atom stereocenters. The predicted octanol–water partition coefficient (Wildman–Crippen LogP) is 3.45. The van der Waals surface area contributed by atoms with Crippen molar-refractivity contribution in [2.24, 2.45) is 0 Å². The van der Waals surface area contributed by atoms with Crippen LogP contribution < -0.4 is 5.73 Å². The first kappa shape index (κ1) is 13.9. The van der Waals surface area contributed by atoms with Crippen LogP contribution in [0.4, 0.5) is 5.69 Å². The number of nitrogen functional groups attached to an aromatic ring is 1. The summed E-state index contributed by atoms with van der Waals surface area (Å²) in [6.45, 7) is 8.62. The van der Waals surface area contributed by atoms with Gasteiger partial charge in [0.15, 0.2) is 0 Å². The van der Waals surface area contributed by atoms with Crippen molar-refractivity contribution < 1.29 is 4.79 Å². The monoisotopic (exact) mass is 260 g/mol. The number of likely N-dealkylation sites (tertiary alicyclic amines) is 1. The number of hydrogen-bond acceptors (Lipinski definition) is 2. The molecule has 1 aliphatic heterocycles. The van der Waals surface area contributed by atoms with E-state index in [1.807, 2.05) is 12.1 Å². The van der Waals surface area contributed by atoms with Gasteiger partial charge in [-0.25, -0.2) is 0 Å². The second kappa shape index (κ2) is 4.55. The molecule has 2 N–H and O–H groups in total. The summed E-state index contributed by atoms with van der Waals surface area (Å²) >= 11 is 0. The summed E-state index contributed by atoms with van der Waals surface area (Å²) in [5.74, 6) is 0.106. The Balaban J connectivity index is 2.36. The molecule has 0 saturated carbocycles. The van der Waals surface area contributed by atoms with Crippen molar-refractivity contribution in [1.82, 2.24) is 4.90 Å². The molecule has 0 aliphatic carbocycles. The van der Waals surface area contributed by atoms with Crippen LogP contribution in [0.3, 0.4) is 0 Å². The maximum atomic E-state index is 12.8. The van der Waals surface area contributed by atoms with E-state index in [2.05, 4.69) is 32.6 Å². The van der Waals surface area contributed by atoms with Gasteiger partial charge in [0.1, 0.15) is 0 Å². The van der Waals surface area contributed by atoms with Crippen molar-refractivity contribution in [1.29, 1.82) is 0 Å². The molecule has 3 nitrogen and oxygen atoms in total. The fourth-order valence-electron chi connectivity index (χ4n) is 3.30. The Kier molecular flexibility index (Phi) is 3.33. The van der Waals surface area contributed by atoms with E-state index in [0.29, 0.717) is 5.69 Å². The van der Waals surface area contributed by atoms with Crippen LogP contribution in [0.25, 0.3) is 0 Å². The third kappa shape index (κ3) is 2.60. The van der Waals surface area contributed by atoms with Gasteiger partial charge >= 0.3 is 0 Å². The van der Waals surface area contributed by atoms with Crippen LogP contribution in [0.15, 0.2) is 24.3 Å². The first-order valence-corrected chi connectivity index (χ1v) is 6.94. The Morgan fingerprint density at radius 2 is 1.53 bits per heavy atom. The Morgan fingerprint density at radius 3 is 2.00 bits per heavy atom. The van der Waals surface area contributed by atoms with Gasteiger partial charge in [-0.15, -0.1) is 0 Å². The van der Waals surface area contributed by atoms with E-state index >= 15 is 0 Å². The second-order valence-electron chi connectivity index (χ2n) is 6.74. The van der Waals surface area contributed by atoms with E-state index in [4.69, 9.17) is 5.73 Å². The van der Waals surface area contributed by atoms with Gasteiger partial charge in [-0.3, -0.25) is 4.79 Å². The quantitative estimate of drug-likeness (QED) is 0.786. The zero-order chi connectivity index (χ0) is 14.3. The van der Waals surface area contributed by atoms with Crippen molar-refractivity contribution in [2.45, 2.75) is 58.0 Å². The van der Waals surface area contributed by atoms with Crippen LogP contribution >= 0.6 is 0 Å². The molecule has 1 aromatic rings. The number of nitrogens with two attached hydrogens (primary N) is 1. The maximum Gasteiger partial charge on any atom is 0.254 e. The lowest BCUT2D eigenvalue weighted by Crippen LogP contribution is -2.60. The van der Waals surface area contributed by atoms with Gasteiger partial charge in [0.2, 0.25) is 0 Å². The molecule has 3 heteroatoms. The number of piperidine rings is 1. The maximum absolute atomic E-state index is 12.8. The summed E-state index contributed by atoms with van der Waals surface area (Å²) < 4.78 is 0. The number of carbonyl (C=O) groups is 1. The van der Waals surface area contributed by atoms with E-state index < -0.39 is 0 Å². The van der Waals surface area contributed by atoms with Crippen LogP contribution in [0.2, 0.25) is 0 Å². The third-order valence-electron chi connectivity index (χ3n) is 4.15. The minimum absolute atomic E-state index is 0.0970. The van der Waals surface area contributed by atoms with E-state index in [1.54, 1.807) is 12.1 Å². The van der Waals surface area contributed by atoms with Crippen molar-refractivity contribution in [3.63, 3.8) is 0 Å². The van der Waals surface area contributed by atoms with Gasteiger partial charge in [0.05, 0.1) is 0 Å². The van der Waals surface area contributed by atoms with Crippen LogP contribution in [-0.4, -0.2) is 21.9 Å². The van der Waals surface area contributed by atoms with Crippen molar-refractivity contribution in [3.05, 3.63) is 29.8 Å². The lowest BCUT2D eigenvalue weighted by Gasteiger charge is -2.53. The normalized spacial score (nSPS) is 21.2. The van der Waals surface area contributed by atoms with Gasteiger partial charge in [0, 0.05) is 22.3 Å². The van der Waals surface area contributed by atoms with E-state index in [-0.39, 0.29) is 17.0 Å². The first-order chi connectivity index (χ1) is 8.74. The second-order valence-corrected chi connectivity index (χ2v) is 6.74. The van der Waals surface area contributed by atoms with Gasteiger partial charge in [-0.05, 0) is 71.2 Å². The van der Waals surface area contributed by atoms with Gasteiger partial charge in [-0.2, -0.15) is 0 Å². The van der Waals surface area contributed by atoms with Gasteiger partial charge in [-0.1, -0.05) is 0 Å². The minimum atomic E-state index is -0.0970. The lowest BCUT2D eigenvalue weighted by atomic mass is 9.79. The molecule has 1 aliphatic rings. The SMILES string of the molecule is CC1(C)CCCC(C)(C)N1C(=O)c1ccc(N)cc1. The summed E-state index contributed by atoms with van der Waals surface area (Å²) in [6, 6.07) is 7.21. The highest BCUT2D eigenvalue weighted by Crippen LogP contribution is 2.39. The van der Waals surface area contributed by atoms with Gasteiger partial charge < -0.3 is 10.6 Å². The Hall–Kier alpha value is -1.51. The number of benzene rings is 1. The van der Waals surface area contributed by atoms with E-state index in [1.165, 1.54) is 6.42 Å². The first-order valence-electron chi connectivity index (χ1n) is 6.94. The van der Waals surface area contributed by atoms with Crippen LogP contribution in [0, 0.1) is 0 Å². The van der Waals surface area contributed by atoms with Crippen LogP contribution in [0.1, 0.15) is 57.3 Å². The van der Waals surface area contributed by atoms with Crippen molar-refractivity contribution >= 4 is 11.6 Å². The van der Waals surface area contributed by atoms with Crippen LogP contribution in [0.5, 0.6) is 0 Å². The number of nitrogens with zero attached hydrogens (tertiary/aromatic N) is 1. The summed E-state index contributed by atoms with van der Waals surface area (Å²) in [7, 11) is 0. The Labute approximate surface area is 115 Å². The molecule has 0 bridgehead atoms. The zero-order valence-corrected chi connectivity index (χ0v) is 12.4. The summed E-state index contributed by atoms with van der Waals surface area (Å²) in [5, 5.41) is 0. The fraction of sp³-hybridized carbons (Fsp3) is 0.562. The molecule has 0 spiro atoms. The molecule has 1 heterocycles. The minimum Gasteiger partial charge on any atom is -0.399 e. The average molecular weight is 260 g/mol.